The van der Waals surface area contributed by atoms with Crippen LogP contribution in [-0.2, 0) is 16.6 Å². The highest BCUT2D eigenvalue weighted by Gasteiger charge is 2.45. The van der Waals surface area contributed by atoms with Crippen LogP contribution in [0.4, 0.5) is 4.79 Å². The maximum atomic E-state index is 13.1. The van der Waals surface area contributed by atoms with Crippen molar-refractivity contribution in [3.63, 3.8) is 0 Å². The summed E-state index contributed by atoms with van der Waals surface area (Å²) in [6.07, 6.45) is 5.47. The van der Waals surface area contributed by atoms with Crippen molar-refractivity contribution in [1.82, 2.24) is 20.1 Å². The van der Waals surface area contributed by atoms with Crippen LogP contribution in [0.3, 0.4) is 0 Å². The van der Waals surface area contributed by atoms with Gasteiger partial charge in [-0.15, -0.1) is 0 Å². The number of nitrogens with one attached hydrogen (secondary N) is 1. The summed E-state index contributed by atoms with van der Waals surface area (Å²) >= 11 is 0. The van der Waals surface area contributed by atoms with Gasteiger partial charge in [0.25, 0.3) is 0 Å². The molecule has 0 saturated carbocycles. The lowest BCUT2D eigenvalue weighted by atomic mass is 9.86. The van der Waals surface area contributed by atoms with Gasteiger partial charge < -0.3 is 24.3 Å². The minimum Gasteiger partial charge on any atom is -0.449 e. The summed E-state index contributed by atoms with van der Waals surface area (Å²) in [4.78, 5) is 21.8. The Morgan fingerprint density at radius 1 is 1.30 bits per heavy atom. The second-order valence-electron chi connectivity index (χ2n) is 10.4. The number of hydrogen-bond acceptors (Lipinski definition) is 5. The van der Waals surface area contributed by atoms with Gasteiger partial charge in [0.1, 0.15) is 6.26 Å². The first-order valence-electron chi connectivity index (χ1n) is 11.2. The molecule has 0 aromatic carbocycles. The Morgan fingerprint density at radius 3 is 2.70 bits per heavy atom. The van der Waals surface area contributed by atoms with Gasteiger partial charge in [0.05, 0.1) is 23.9 Å². The Bertz CT molecular complexity index is 791. The molecule has 30 heavy (non-hydrogen) atoms. The Hall–Kier alpha value is -2.02. The molecule has 3 aliphatic rings. The number of urea groups is 1. The van der Waals surface area contributed by atoms with Crippen molar-refractivity contribution in [2.45, 2.75) is 70.4 Å². The van der Waals surface area contributed by atoms with E-state index in [0.717, 1.165) is 62.6 Å². The molecule has 0 radical (unpaired) electrons. The molecule has 3 fully saturated rings. The van der Waals surface area contributed by atoms with Crippen LogP contribution < -0.4 is 5.32 Å². The molecule has 166 valence electrons. The summed E-state index contributed by atoms with van der Waals surface area (Å²) in [5.74, 6) is 1.34. The number of hydrogen-bond donors (Lipinski definition) is 1. The van der Waals surface area contributed by atoms with Crippen molar-refractivity contribution >= 4 is 6.03 Å². The molecule has 2 amide bonds. The maximum absolute atomic E-state index is 13.1. The number of rotatable bonds is 2. The van der Waals surface area contributed by atoms with Crippen LogP contribution >= 0.6 is 0 Å². The van der Waals surface area contributed by atoms with E-state index >= 15 is 0 Å². The molecule has 4 heterocycles. The number of oxazole rings is 1. The van der Waals surface area contributed by atoms with Gasteiger partial charge in [-0.3, -0.25) is 0 Å². The summed E-state index contributed by atoms with van der Waals surface area (Å²) in [5.41, 5.74) is 1.69. The molecule has 0 spiro atoms. The van der Waals surface area contributed by atoms with E-state index in [9.17, 15) is 4.79 Å². The van der Waals surface area contributed by atoms with E-state index in [-0.39, 0.29) is 23.1 Å². The average Bonchev–Trinajstić information content (AvgIpc) is 3.17. The van der Waals surface area contributed by atoms with Crippen LogP contribution in [0, 0.1) is 5.92 Å². The smallest absolute Gasteiger partial charge is 0.320 e. The van der Waals surface area contributed by atoms with E-state index in [1.165, 1.54) is 0 Å². The van der Waals surface area contributed by atoms with E-state index in [4.69, 9.17) is 9.15 Å². The first kappa shape index (κ1) is 21.2. The molecular formula is C23H36N4O3. The number of amides is 2. The van der Waals surface area contributed by atoms with Gasteiger partial charge >= 0.3 is 6.03 Å². The first-order valence-corrected chi connectivity index (χ1v) is 11.2. The second-order valence-corrected chi connectivity index (χ2v) is 10.4. The number of morpholine rings is 1. The summed E-state index contributed by atoms with van der Waals surface area (Å²) in [6, 6.07) is 0.260. The zero-order valence-corrected chi connectivity index (χ0v) is 18.9. The van der Waals surface area contributed by atoms with Gasteiger partial charge in [-0.1, -0.05) is 27.4 Å². The minimum absolute atomic E-state index is 0.00659. The molecule has 7 heteroatoms. The Labute approximate surface area is 179 Å². The number of carbonyl (C=O) groups excluding carboxylic acids is 1. The SMILES string of the molecule is C=C1CO[C@]2(C)CCN(C(=O)N3CCC(Cc4nc(C(C)(C)C)co4)CC3)C[C@@H]2N1. The third-order valence-corrected chi connectivity index (χ3v) is 6.91. The third-order valence-electron chi connectivity index (χ3n) is 6.91. The van der Waals surface area contributed by atoms with Gasteiger partial charge in [-0.05, 0) is 32.1 Å². The zero-order chi connectivity index (χ0) is 21.5. The summed E-state index contributed by atoms with van der Waals surface area (Å²) in [6.45, 7) is 16.1. The van der Waals surface area contributed by atoms with Crippen LogP contribution in [0.2, 0.25) is 0 Å². The molecule has 7 nitrogen and oxygen atoms in total. The van der Waals surface area contributed by atoms with Crippen LogP contribution in [-0.4, -0.2) is 65.2 Å². The fourth-order valence-corrected chi connectivity index (χ4v) is 4.65. The van der Waals surface area contributed by atoms with E-state index in [1.54, 1.807) is 6.26 Å². The quantitative estimate of drug-likeness (QED) is 0.801. The number of nitrogens with zero attached hydrogens (tertiary/aromatic N) is 3. The first-order chi connectivity index (χ1) is 14.1. The highest BCUT2D eigenvalue weighted by molar-refractivity contribution is 5.74. The summed E-state index contributed by atoms with van der Waals surface area (Å²) < 4.78 is 11.7. The molecule has 1 N–H and O–H groups in total. The zero-order valence-electron chi connectivity index (χ0n) is 18.9. The lowest BCUT2D eigenvalue weighted by molar-refractivity contribution is -0.0989. The highest BCUT2D eigenvalue weighted by Crippen LogP contribution is 2.31. The van der Waals surface area contributed by atoms with Gasteiger partial charge in [0.2, 0.25) is 0 Å². The van der Waals surface area contributed by atoms with E-state index in [0.29, 0.717) is 19.1 Å². The summed E-state index contributed by atoms with van der Waals surface area (Å²) in [7, 11) is 0. The molecule has 0 aliphatic carbocycles. The Morgan fingerprint density at radius 2 is 2.03 bits per heavy atom. The number of fused-ring (bicyclic) bond motifs is 1. The lowest BCUT2D eigenvalue weighted by Crippen LogP contribution is -2.65. The van der Waals surface area contributed by atoms with Crippen molar-refractivity contribution < 1.29 is 13.9 Å². The molecule has 0 bridgehead atoms. The summed E-state index contributed by atoms with van der Waals surface area (Å²) in [5, 5.41) is 3.44. The van der Waals surface area contributed by atoms with Gasteiger partial charge in [0, 0.05) is 43.7 Å². The molecule has 1 aromatic rings. The molecular weight excluding hydrogens is 380 g/mol. The predicted octanol–water partition coefficient (Wildman–Crippen LogP) is 3.31. The molecule has 2 atom stereocenters. The number of aromatic nitrogens is 1. The largest absolute Gasteiger partial charge is 0.449 e. The standard InChI is InChI=1S/C23H36N4O3/c1-16-14-30-23(5)8-11-27(13-18(23)24-16)21(28)26-9-6-17(7-10-26)12-20-25-19(15-29-20)22(2,3)4/h15,17-18,24H,1,6-14H2,2-5H3/t18-,23+/m0/s1. The van der Waals surface area contributed by atoms with Crippen molar-refractivity contribution in [3.8, 4) is 0 Å². The molecule has 3 saturated heterocycles. The minimum atomic E-state index is -0.215. The van der Waals surface area contributed by atoms with Gasteiger partial charge in [-0.2, -0.15) is 0 Å². The van der Waals surface area contributed by atoms with Gasteiger partial charge in [0.15, 0.2) is 5.89 Å². The third kappa shape index (κ3) is 4.36. The van der Waals surface area contributed by atoms with Gasteiger partial charge in [-0.25, -0.2) is 9.78 Å². The van der Waals surface area contributed by atoms with Crippen LogP contribution in [0.25, 0.3) is 0 Å². The van der Waals surface area contributed by atoms with Crippen molar-refractivity contribution in [3.05, 3.63) is 30.1 Å². The number of ether oxygens (including phenoxy) is 1. The van der Waals surface area contributed by atoms with Crippen molar-refractivity contribution in [2.75, 3.05) is 32.8 Å². The number of likely N-dealkylation sites (tertiary alicyclic amines) is 2. The average molecular weight is 417 g/mol. The van der Waals surface area contributed by atoms with E-state index in [1.807, 2.05) is 9.80 Å². The molecule has 3 aliphatic heterocycles. The maximum Gasteiger partial charge on any atom is 0.320 e. The number of carbonyl (C=O) groups is 1. The molecule has 0 unspecified atom stereocenters. The predicted molar refractivity (Wildman–Crippen MR) is 115 cm³/mol. The Kier molecular flexibility index (Phi) is 5.60. The molecule has 4 rings (SSSR count). The van der Waals surface area contributed by atoms with E-state index < -0.39 is 0 Å². The topological polar surface area (TPSA) is 70.8 Å². The lowest BCUT2D eigenvalue weighted by Gasteiger charge is -2.50. The fourth-order valence-electron chi connectivity index (χ4n) is 4.65. The fraction of sp³-hybridized carbons (Fsp3) is 0.739. The van der Waals surface area contributed by atoms with Crippen LogP contribution in [0.15, 0.2) is 23.0 Å². The Balaban J connectivity index is 1.28. The normalized spacial score (nSPS) is 28.3. The van der Waals surface area contributed by atoms with Crippen molar-refractivity contribution in [1.29, 1.82) is 0 Å². The van der Waals surface area contributed by atoms with Crippen molar-refractivity contribution in [2.24, 2.45) is 5.92 Å². The van der Waals surface area contributed by atoms with Crippen LogP contribution in [0.5, 0.6) is 0 Å². The second kappa shape index (κ2) is 7.91. The number of piperidine rings is 2. The monoisotopic (exact) mass is 416 g/mol. The van der Waals surface area contributed by atoms with E-state index in [2.05, 4.69) is 44.6 Å². The molecule has 1 aromatic heterocycles. The highest BCUT2D eigenvalue weighted by atomic mass is 16.5. The van der Waals surface area contributed by atoms with Crippen LogP contribution in [0.1, 0.15) is 58.5 Å².